The molecule has 1 aliphatic heterocycles. The van der Waals surface area contributed by atoms with E-state index < -0.39 is 10.0 Å². The van der Waals surface area contributed by atoms with Gasteiger partial charge in [-0.05, 0) is 30.0 Å². The lowest BCUT2D eigenvalue weighted by Crippen LogP contribution is -2.45. The van der Waals surface area contributed by atoms with Crippen molar-refractivity contribution in [3.63, 3.8) is 0 Å². The normalized spacial score (nSPS) is 17.9. The number of rotatable bonds is 4. The first-order valence-electron chi connectivity index (χ1n) is 9.77. The zero-order valence-electron chi connectivity index (χ0n) is 17.0. The van der Waals surface area contributed by atoms with Crippen molar-refractivity contribution in [1.29, 1.82) is 0 Å². The van der Waals surface area contributed by atoms with Gasteiger partial charge in [0.05, 0.1) is 24.9 Å². The molecule has 0 fully saturated rings. The lowest BCUT2D eigenvalue weighted by Gasteiger charge is -2.33. The minimum Gasteiger partial charge on any atom is -0.375 e. The van der Waals surface area contributed by atoms with Crippen LogP contribution in [0.1, 0.15) is 22.4 Å². The molecule has 8 heteroatoms. The zero-order chi connectivity index (χ0) is 21.3. The molecule has 3 aromatic rings. The number of fused-ring (bicyclic) bond motifs is 1. The smallest absolute Gasteiger partial charge is 0.248 e. The largest absolute Gasteiger partial charge is 0.375 e. The second-order valence-electron chi connectivity index (χ2n) is 7.51. The summed E-state index contributed by atoms with van der Waals surface area (Å²) in [5, 5.41) is 4.33. The quantitative estimate of drug-likeness (QED) is 0.614. The molecule has 0 N–H and O–H groups in total. The van der Waals surface area contributed by atoms with E-state index in [9.17, 15) is 8.42 Å². The molecule has 2 heterocycles. The Balaban J connectivity index is 1.81. The predicted octanol–water partition coefficient (Wildman–Crippen LogP) is 3.71. The maximum absolute atomic E-state index is 13.9. The molecule has 1 aromatic heterocycles. The standard InChI is InChI=1S/C22H24ClN3O3S/c1-16-21(22(23)25(2)24-16)30(27,28)26-13-18-10-6-7-11-19(18)14-29-15-20(26)12-17-8-4-3-5-9-17/h3-11,20H,12-15H2,1-2H3. The first-order valence-corrected chi connectivity index (χ1v) is 11.6. The molecule has 0 radical (unpaired) electrons. The molecule has 0 aliphatic carbocycles. The van der Waals surface area contributed by atoms with Gasteiger partial charge in [-0.15, -0.1) is 0 Å². The third-order valence-electron chi connectivity index (χ3n) is 5.40. The van der Waals surface area contributed by atoms with Gasteiger partial charge < -0.3 is 4.74 Å². The Morgan fingerprint density at radius 2 is 1.77 bits per heavy atom. The van der Waals surface area contributed by atoms with E-state index in [1.807, 2.05) is 54.6 Å². The fourth-order valence-electron chi connectivity index (χ4n) is 3.89. The SMILES string of the molecule is Cc1nn(C)c(Cl)c1S(=O)(=O)N1Cc2ccccc2COCC1Cc1ccccc1. The van der Waals surface area contributed by atoms with Gasteiger partial charge >= 0.3 is 0 Å². The number of ether oxygens (including phenoxy) is 1. The molecule has 0 saturated carbocycles. The van der Waals surface area contributed by atoms with Crippen molar-refractivity contribution < 1.29 is 13.2 Å². The highest BCUT2D eigenvalue weighted by Gasteiger charge is 2.37. The van der Waals surface area contributed by atoms with Crippen LogP contribution in [0.4, 0.5) is 0 Å². The van der Waals surface area contributed by atoms with E-state index in [0.29, 0.717) is 25.3 Å². The first kappa shape index (κ1) is 21.1. The highest BCUT2D eigenvalue weighted by molar-refractivity contribution is 7.89. The van der Waals surface area contributed by atoms with E-state index >= 15 is 0 Å². The highest BCUT2D eigenvalue weighted by atomic mass is 35.5. The van der Waals surface area contributed by atoms with Gasteiger partial charge in [0.2, 0.25) is 10.0 Å². The Bertz CT molecular complexity index is 1150. The van der Waals surface area contributed by atoms with Crippen molar-refractivity contribution in [3.8, 4) is 0 Å². The molecule has 6 nitrogen and oxygen atoms in total. The Morgan fingerprint density at radius 1 is 1.10 bits per heavy atom. The van der Waals surface area contributed by atoms with Crippen LogP contribution < -0.4 is 0 Å². The minimum absolute atomic E-state index is 0.0581. The summed E-state index contributed by atoms with van der Waals surface area (Å²) in [7, 11) is -2.28. The van der Waals surface area contributed by atoms with Crippen LogP contribution >= 0.6 is 11.6 Å². The molecule has 0 spiro atoms. The van der Waals surface area contributed by atoms with E-state index in [4.69, 9.17) is 16.3 Å². The van der Waals surface area contributed by atoms with E-state index in [1.54, 1.807) is 14.0 Å². The summed E-state index contributed by atoms with van der Waals surface area (Å²) in [6.07, 6.45) is 0.541. The number of hydrogen-bond donors (Lipinski definition) is 0. The molecule has 0 amide bonds. The molecular weight excluding hydrogens is 422 g/mol. The summed E-state index contributed by atoms with van der Waals surface area (Å²) < 4.78 is 36.6. The van der Waals surface area contributed by atoms with Crippen LogP contribution in [0.15, 0.2) is 59.5 Å². The van der Waals surface area contributed by atoms with Crippen molar-refractivity contribution in [2.45, 2.75) is 37.4 Å². The minimum atomic E-state index is -3.92. The van der Waals surface area contributed by atoms with Gasteiger partial charge in [0.15, 0.2) is 0 Å². The second-order valence-corrected chi connectivity index (χ2v) is 9.69. The topological polar surface area (TPSA) is 64.4 Å². The fourth-order valence-corrected chi connectivity index (χ4v) is 6.18. The van der Waals surface area contributed by atoms with Crippen LogP contribution in [0.5, 0.6) is 0 Å². The van der Waals surface area contributed by atoms with Gasteiger partial charge in [-0.25, -0.2) is 8.42 Å². The second kappa shape index (κ2) is 8.51. The third-order valence-corrected chi connectivity index (χ3v) is 8.00. The van der Waals surface area contributed by atoms with Gasteiger partial charge in [-0.2, -0.15) is 9.40 Å². The number of nitrogens with zero attached hydrogens (tertiary/aromatic N) is 3. The van der Waals surface area contributed by atoms with Gasteiger partial charge in [-0.3, -0.25) is 4.68 Å². The fraction of sp³-hybridized carbons (Fsp3) is 0.318. The van der Waals surface area contributed by atoms with Crippen molar-refractivity contribution in [2.75, 3.05) is 6.61 Å². The van der Waals surface area contributed by atoms with Crippen LogP contribution in [0.25, 0.3) is 0 Å². The maximum atomic E-state index is 13.9. The van der Waals surface area contributed by atoms with Crippen LogP contribution in [-0.4, -0.2) is 35.2 Å². The van der Waals surface area contributed by atoms with Crippen molar-refractivity contribution in [2.24, 2.45) is 7.05 Å². The molecule has 0 bridgehead atoms. The number of benzene rings is 2. The van der Waals surface area contributed by atoms with E-state index in [0.717, 1.165) is 16.7 Å². The molecule has 0 saturated heterocycles. The lowest BCUT2D eigenvalue weighted by molar-refractivity contribution is 0.0673. The van der Waals surface area contributed by atoms with Crippen LogP contribution in [0.2, 0.25) is 5.15 Å². The summed E-state index contributed by atoms with van der Waals surface area (Å²) in [5.41, 5.74) is 3.35. The Labute approximate surface area is 182 Å². The van der Waals surface area contributed by atoms with Gasteiger partial charge in [0.25, 0.3) is 0 Å². The van der Waals surface area contributed by atoms with Crippen LogP contribution in [0, 0.1) is 6.92 Å². The maximum Gasteiger partial charge on any atom is 0.248 e. The lowest BCUT2D eigenvalue weighted by atomic mass is 10.0. The van der Waals surface area contributed by atoms with Crippen LogP contribution in [0.3, 0.4) is 0 Å². The van der Waals surface area contributed by atoms with E-state index in [1.165, 1.54) is 8.99 Å². The number of aryl methyl sites for hydroxylation is 2. The van der Waals surface area contributed by atoms with E-state index in [-0.39, 0.29) is 22.6 Å². The molecular formula is C22H24ClN3O3S. The van der Waals surface area contributed by atoms with E-state index in [2.05, 4.69) is 5.10 Å². The third kappa shape index (κ3) is 4.03. The Kier molecular flexibility index (Phi) is 5.97. The number of hydrogen-bond acceptors (Lipinski definition) is 4. The van der Waals surface area contributed by atoms with Gasteiger partial charge in [0.1, 0.15) is 10.0 Å². The zero-order valence-corrected chi connectivity index (χ0v) is 18.5. The number of aromatic nitrogens is 2. The highest BCUT2D eigenvalue weighted by Crippen LogP contribution is 2.32. The molecule has 1 atom stereocenters. The Hall–Kier alpha value is -2.19. The molecule has 2 aromatic carbocycles. The Morgan fingerprint density at radius 3 is 2.43 bits per heavy atom. The first-order chi connectivity index (χ1) is 14.4. The predicted molar refractivity (Wildman–Crippen MR) is 116 cm³/mol. The van der Waals surface area contributed by atoms with Crippen LogP contribution in [-0.2, 0) is 41.4 Å². The summed E-state index contributed by atoms with van der Waals surface area (Å²) in [6, 6.07) is 17.3. The van der Waals surface area contributed by atoms with Gasteiger partial charge in [-0.1, -0.05) is 66.2 Å². The van der Waals surface area contributed by atoms with Crippen molar-refractivity contribution >= 4 is 21.6 Å². The summed E-state index contributed by atoms with van der Waals surface area (Å²) >= 11 is 6.36. The summed E-state index contributed by atoms with van der Waals surface area (Å²) in [4.78, 5) is 0.0581. The average Bonchev–Trinajstić information content (AvgIpc) is 2.97. The molecule has 30 heavy (non-hydrogen) atoms. The molecule has 1 aliphatic rings. The molecule has 4 rings (SSSR count). The summed E-state index contributed by atoms with van der Waals surface area (Å²) in [6.45, 7) is 2.67. The molecule has 1 unspecified atom stereocenters. The molecule has 158 valence electrons. The van der Waals surface area contributed by atoms with Gasteiger partial charge in [0, 0.05) is 13.6 Å². The monoisotopic (exact) mass is 445 g/mol. The van der Waals surface area contributed by atoms with Crippen molar-refractivity contribution in [3.05, 3.63) is 82.1 Å². The summed E-state index contributed by atoms with van der Waals surface area (Å²) in [5.74, 6) is 0. The number of halogens is 1. The van der Waals surface area contributed by atoms with Crippen molar-refractivity contribution in [1.82, 2.24) is 14.1 Å². The number of sulfonamides is 1. The average molecular weight is 446 g/mol.